The number of esters is 1. The SMILES string of the molecule is CCOC(=O)c1nc(Br)ccc1NC1COC1. The molecule has 0 aromatic carbocycles. The number of hydrogen-bond donors (Lipinski definition) is 1. The Kier molecular flexibility index (Phi) is 3.96. The lowest BCUT2D eigenvalue weighted by atomic mass is 10.2. The van der Waals surface area contributed by atoms with Gasteiger partial charge in [0.2, 0.25) is 0 Å². The monoisotopic (exact) mass is 300 g/mol. The number of halogens is 1. The van der Waals surface area contributed by atoms with Crippen LogP contribution in [0.4, 0.5) is 5.69 Å². The number of nitrogens with zero attached hydrogens (tertiary/aromatic N) is 1. The number of aromatic nitrogens is 1. The van der Waals surface area contributed by atoms with Crippen molar-refractivity contribution >= 4 is 27.6 Å². The Bertz CT molecular complexity index is 421. The van der Waals surface area contributed by atoms with E-state index in [1.807, 2.05) is 6.07 Å². The van der Waals surface area contributed by atoms with Crippen LogP contribution in [-0.4, -0.2) is 36.8 Å². The summed E-state index contributed by atoms with van der Waals surface area (Å²) in [5.74, 6) is -0.420. The molecule has 1 fully saturated rings. The summed E-state index contributed by atoms with van der Waals surface area (Å²) in [4.78, 5) is 15.9. The minimum absolute atomic E-state index is 0.242. The third kappa shape index (κ3) is 2.95. The van der Waals surface area contributed by atoms with Crippen molar-refractivity contribution in [3.05, 3.63) is 22.4 Å². The van der Waals surface area contributed by atoms with Gasteiger partial charge >= 0.3 is 5.97 Å². The number of pyridine rings is 1. The predicted molar refractivity (Wildman–Crippen MR) is 66.1 cm³/mol. The topological polar surface area (TPSA) is 60.5 Å². The van der Waals surface area contributed by atoms with E-state index < -0.39 is 5.97 Å². The van der Waals surface area contributed by atoms with E-state index in [-0.39, 0.29) is 6.04 Å². The molecular weight excluding hydrogens is 288 g/mol. The number of rotatable bonds is 4. The molecule has 17 heavy (non-hydrogen) atoms. The van der Waals surface area contributed by atoms with Gasteiger partial charge in [0.1, 0.15) is 4.60 Å². The van der Waals surface area contributed by atoms with E-state index in [0.717, 1.165) is 0 Å². The van der Waals surface area contributed by atoms with Crippen molar-refractivity contribution in [2.45, 2.75) is 13.0 Å². The van der Waals surface area contributed by atoms with Crippen LogP contribution in [0.15, 0.2) is 16.7 Å². The fourth-order valence-electron chi connectivity index (χ4n) is 1.45. The summed E-state index contributed by atoms with van der Waals surface area (Å²) >= 11 is 3.24. The van der Waals surface area contributed by atoms with Crippen LogP contribution in [0, 0.1) is 0 Å². The molecule has 2 rings (SSSR count). The Morgan fingerprint density at radius 2 is 2.41 bits per heavy atom. The highest BCUT2D eigenvalue weighted by Crippen LogP contribution is 2.20. The Hall–Kier alpha value is -1.14. The molecule has 0 aliphatic carbocycles. The van der Waals surface area contributed by atoms with Crippen molar-refractivity contribution in [2.75, 3.05) is 25.1 Å². The van der Waals surface area contributed by atoms with Gasteiger partial charge in [-0.25, -0.2) is 9.78 Å². The maximum Gasteiger partial charge on any atom is 0.359 e. The highest BCUT2D eigenvalue weighted by Gasteiger charge is 2.22. The van der Waals surface area contributed by atoms with Gasteiger partial charge in [-0.1, -0.05) is 0 Å². The molecule has 1 aromatic heterocycles. The minimum Gasteiger partial charge on any atom is -0.461 e. The van der Waals surface area contributed by atoms with Crippen LogP contribution in [0.2, 0.25) is 0 Å². The summed E-state index contributed by atoms with van der Waals surface area (Å²) in [5.41, 5.74) is 0.980. The maximum atomic E-state index is 11.7. The van der Waals surface area contributed by atoms with Crippen molar-refractivity contribution in [1.82, 2.24) is 4.98 Å². The zero-order valence-corrected chi connectivity index (χ0v) is 11.0. The van der Waals surface area contributed by atoms with Gasteiger partial charge < -0.3 is 14.8 Å². The van der Waals surface area contributed by atoms with Gasteiger partial charge in [0.25, 0.3) is 0 Å². The van der Waals surface area contributed by atoms with Crippen molar-refractivity contribution in [2.24, 2.45) is 0 Å². The van der Waals surface area contributed by atoms with E-state index in [9.17, 15) is 4.79 Å². The molecule has 1 saturated heterocycles. The van der Waals surface area contributed by atoms with Gasteiger partial charge in [0, 0.05) is 0 Å². The molecule has 1 aromatic rings. The van der Waals surface area contributed by atoms with E-state index in [2.05, 4.69) is 26.2 Å². The molecule has 92 valence electrons. The quantitative estimate of drug-likeness (QED) is 0.679. The predicted octanol–water partition coefficient (Wildman–Crippen LogP) is 1.83. The molecule has 1 aliphatic heterocycles. The second-order valence-corrected chi connectivity index (χ2v) is 4.44. The molecule has 1 aliphatic rings. The fourth-order valence-corrected chi connectivity index (χ4v) is 1.76. The summed E-state index contributed by atoms with van der Waals surface area (Å²) in [6.45, 7) is 3.40. The fraction of sp³-hybridized carbons (Fsp3) is 0.455. The third-order valence-corrected chi connectivity index (χ3v) is 2.77. The average Bonchev–Trinajstić information content (AvgIpc) is 2.25. The van der Waals surface area contributed by atoms with Crippen LogP contribution in [-0.2, 0) is 9.47 Å². The Labute approximate surface area is 108 Å². The van der Waals surface area contributed by atoms with Gasteiger partial charge in [-0.05, 0) is 35.0 Å². The third-order valence-electron chi connectivity index (χ3n) is 2.33. The zero-order chi connectivity index (χ0) is 12.3. The standard InChI is InChI=1S/C11H13BrN2O3/c1-2-17-11(15)10-8(3-4-9(12)14-10)13-7-5-16-6-7/h3-4,7,13H,2,5-6H2,1H3. The number of carbonyl (C=O) groups is 1. The average molecular weight is 301 g/mol. The van der Waals surface area contributed by atoms with Crippen LogP contribution in [0.5, 0.6) is 0 Å². The maximum absolute atomic E-state index is 11.7. The number of anilines is 1. The molecule has 0 amide bonds. The zero-order valence-electron chi connectivity index (χ0n) is 9.40. The first-order valence-electron chi connectivity index (χ1n) is 5.38. The number of hydrogen-bond acceptors (Lipinski definition) is 5. The first-order valence-corrected chi connectivity index (χ1v) is 6.18. The normalized spacial score (nSPS) is 15.2. The summed E-state index contributed by atoms with van der Waals surface area (Å²) in [7, 11) is 0. The van der Waals surface area contributed by atoms with Crippen molar-refractivity contribution < 1.29 is 14.3 Å². The lowest BCUT2D eigenvalue weighted by molar-refractivity contribution is 0.0209. The Balaban J connectivity index is 2.19. The molecule has 2 heterocycles. The highest BCUT2D eigenvalue weighted by molar-refractivity contribution is 9.10. The van der Waals surface area contributed by atoms with Crippen LogP contribution >= 0.6 is 15.9 Å². The van der Waals surface area contributed by atoms with Gasteiger partial charge in [-0.3, -0.25) is 0 Å². The van der Waals surface area contributed by atoms with Gasteiger partial charge in [-0.15, -0.1) is 0 Å². The Morgan fingerprint density at radius 3 is 3.00 bits per heavy atom. The lowest BCUT2D eigenvalue weighted by Gasteiger charge is -2.28. The first kappa shape index (κ1) is 12.3. The van der Waals surface area contributed by atoms with Crippen LogP contribution in [0.1, 0.15) is 17.4 Å². The van der Waals surface area contributed by atoms with E-state index in [1.54, 1.807) is 13.0 Å². The summed E-state index contributed by atoms with van der Waals surface area (Å²) < 4.78 is 10.6. The molecule has 0 spiro atoms. The summed E-state index contributed by atoms with van der Waals surface area (Å²) in [5, 5.41) is 3.20. The number of ether oxygens (including phenoxy) is 2. The second kappa shape index (κ2) is 5.46. The summed E-state index contributed by atoms with van der Waals surface area (Å²) in [6, 6.07) is 3.83. The van der Waals surface area contributed by atoms with E-state index in [0.29, 0.717) is 35.8 Å². The molecular formula is C11H13BrN2O3. The second-order valence-electron chi connectivity index (χ2n) is 3.63. The first-order chi connectivity index (χ1) is 8.20. The van der Waals surface area contributed by atoms with Crippen LogP contribution in [0.3, 0.4) is 0 Å². The molecule has 1 N–H and O–H groups in total. The number of nitrogens with one attached hydrogen (secondary N) is 1. The van der Waals surface area contributed by atoms with E-state index >= 15 is 0 Å². The number of carbonyl (C=O) groups excluding carboxylic acids is 1. The van der Waals surface area contributed by atoms with E-state index in [4.69, 9.17) is 9.47 Å². The van der Waals surface area contributed by atoms with Crippen molar-refractivity contribution in [1.29, 1.82) is 0 Å². The largest absolute Gasteiger partial charge is 0.461 e. The van der Waals surface area contributed by atoms with Gasteiger partial charge in [0.05, 0.1) is 31.5 Å². The molecule has 0 saturated carbocycles. The minimum atomic E-state index is -0.420. The van der Waals surface area contributed by atoms with Crippen LogP contribution < -0.4 is 5.32 Å². The Morgan fingerprint density at radius 1 is 1.65 bits per heavy atom. The molecule has 0 radical (unpaired) electrons. The summed E-state index contributed by atoms with van der Waals surface area (Å²) in [6.07, 6.45) is 0. The van der Waals surface area contributed by atoms with Gasteiger partial charge in [-0.2, -0.15) is 0 Å². The van der Waals surface area contributed by atoms with E-state index in [1.165, 1.54) is 0 Å². The molecule has 0 atom stereocenters. The lowest BCUT2D eigenvalue weighted by Crippen LogP contribution is -2.40. The smallest absolute Gasteiger partial charge is 0.359 e. The molecule has 0 unspecified atom stereocenters. The van der Waals surface area contributed by atoms with Crippen LogP contribution in [0.25, 0.3) is 0 Å². The molecule has 6 heteroatoms. The molecule has 5 nitrogen and oxygen atoms in total. The highest BCUT2D eigenvalue weighted by atomic mass is 79.9. The van der Waals surface area contributed by atoms with Crippen molar-refractivity contribution in [3.63, 3.8) is 0 Å². The van der Waals surface area contributed by atoms with Crippen molar-refractivity contribution in [3.8, 4) is 0 Å². The molecule has 0 bridgehead atoms. The van der Waals surface area contributed by atoms with Gasteiger partial charge in [0.15, 0.2) is 5.69 Å².